The average Bonchev–Trinajstić information content (AvgIpc) is 2.79. The van der Waals surface area contributed by atoms with Gasteiger partial charge in [0.1, 0.15) is 18.1 Å². The lowest BCUT2D eigenvalue weighted by molar-refractivity contribution is 0.0106. The van der Waals surface area contributed by atoms with Crippen molar-refractivity contribution in [2.24, 2.45) is 0 Å². The lowest BCUT2D eigenvalue weighted by Crippen LogP contribution is -2.41. The topological polar surface area (TPSA) is 63.2 Å². The number of aromatic hydroxyl groups is 1. The van der Waals surface area contributed by atoms with Gasteiger partial charge in [0, 0.05) is 32.7 Å². The van der Waals surface area contributed by atoms with Crippen LogP contribution >= 0.6 is 0 Å². The average molecular weight is 413 g/mol. The first-order valence-electron chi connectivity index (χ1n) is 10.9. The number of anilines is 1. The van der Waals surface area contributed by atoms with Gasteiger partial charge in [-0.15, -0.1) is 0 Å². The Bertz CT molecular complexity index is 811. The summed E-state index contributed by atoms with van der Waals surface area (Å²) in [5, 5.41) is 13.0. The molecule has 0 saturated carbocycles. The number of phenolic OH excluding ortho intramolecular Hbond substituents is 1. The summed E-state index contributed by atoms with van der Waals surface area (Å²) in [5.41, 5.74) is 3.53. The van der Waals surface area contributed by atoms with Gasteiger partial charge in [0.25, 0.3) is 0 Å². The number of fused-ring (bicyclic) bond motifs is 1. The van der Waals surface area contributed by atoms with Crippen LogP contribution in [0.2, 0.25) is 0 Å². The molecule has 0 aliphatic carbocycles. The highest BCUT2D eigenvalue weighted by Crippen LogP contribution is 2.34. The van der Waals surface area contributed by atoms with E-state index in [0.29, 0.717) is 18.3 Å². The van der Waals surface area contributed by atoms with E-state index in [0.717, 1.165) is 69.2 Å². The number of hydrogen-bond acceptors (Lipinski definition) is 6. The van der Waals surface area contributed by atoms with Crippen molar-refractivity contribution in [1.82, 2.24) is 5.32 Å². The molecule has 6 heteroatoms. The van der Waals surface area contributed by atoms with Gasteiger partial charge in [-0.2, -0.15) is 0 Å². The maximum atomic E-state index is 9.59. The molecule has 2 N–H and O–H groups in total. The Balaban J connectivity index is 1.42. The highest BCUT2D eigenvalue weighted by atomic mass is 16.5. The summed E-state index contributed by atoms with van der Waals surface area (Å²) in [4.78, 5) is 2.38. The molecule has 0 amide bonds. The van der Waals surface area contributed by atoms with E-state index in [-0.39, 0.29) is 6.10 Å². The number of benzene rings is 2. The van der Waals surface area contributed by atoms with E-state index in [1.165, 1.54) is 5.56 Å². The molecule has 1 saturated heterocycles. The molecule has 0 aromatic heterocycles. The van der Waals surface area contributed by atoms with Crippen molar-refractivity contribution in [1.29, 1.82) is 0 Å². The summed E-state index contributed by atoms with van der Waals surface area (Å²) in [5.74, 6) is 1.58. The monoisotopic (exact) mass is 412 g/mol. The van der Waals surface area contributed by atoms with Crippen LogP contribution in [0.15, 0.2) is 42.5 Å². The molecule has 2 aliphatic heterocycles. The van der Waals surface area contributed by atoms with E-state index in [9.17, 15) is 5.11 Å². The van der Waals surface area contributed by atoms with Crippen molar-refractivity contribution in [3.05, 3.63) is 53.6 Å². The maximum absolute atomic E-state index is 9.59. The summed E-state index contributed by atoms with van der Waals surface area (Å²) in [6.45, 7) is 5.74. The molecule has 0 bridgehead atoms. The second kappa shape index (κ2) is 10.2. The number of ether oxygens (including phenoxy) is 3. The van der Waals surface area contributed by atoms with E-state index in [1.54, 1.807) is 19.2 Å². The van der Waals surface area contributed by atoms with Gasteiger partial charge in [-0.3, -0.25) is 0 Å². The molecule has 2 aromatic rings. The Morgan fingerprint density at radius 1 is 1.20 bits per heavy atom. The van der Waals surface area contributed by atoms with Crippen LogP contribution in [0.3, 0.4) is 0 Å². The van der Waals surface area contributed by atoms with Crippen molar-refractivity contribution >= 4 is 5.69 Å². The normalized spacial score (nSPS) is 21.2. The Morgan fingerprint density at radius 2 is 2.07 bits per heavy atom. The van der Waals surface area contributed by atoms with Gasteiger partial charge >= 0.3 is 0 Å². The third-order valence-corrected chi connectivity index (χ3v) is 5.97. The van der Waals surface area contributed by atoms with E-state index in [4.69, 9.17) is 14.2 Å². The number of rotatable bonds is 8. The zero-order chi connectivity index (χ0) is 20.8. The number of piperidine rings is 1. The Hall–Kier alpha value is -2.28. The van der Waals surface area contributed by atoms with Crippen LogP contribution in [0.1, 0.15) is 29.9 Å². The van der Waals surface area contributed by atoms with Crippen LogP contribution in [0, 0.1) is 0 Å². The van der Waals surface area contributed by atoms with Gasteiger partial charge < -0.3 is 29.5 Å². The van der Waals surface area contributed by atoms with Gasteiger partial charge in [-0.1, -0.05) is 18.2 Å². The Kier molecular flexibility index (Phi) is 7.10. The zero-order valence-corrected chi connectivity index (χ0v) is 17.7. The van der Waals surface area contributed by atoms with Gasteiger partial charge in [0.05, 0.1) is 24.9 Å². The van der Waals surface area contributed by atoms with Crippen molar-refractivity contribution < 1.29 is 19.3 Å². The van der Waals surface area contributed by atoms with Crippen LogP contribution in [0.5, 0.6) is 11.5 Å². The molecule has 0 spiro atoms. The summed E-state index contributed by atoms with van der Waals surface area (Å²) < 4.78 is 17.4. The first kappa shape index (κ1) is 21.0. The van der Waals surface area contributed by atoms with E-state index in [1.807, 2.05) is 12.1 Å². The molecular formula is C24H32N2O4. The standard InChI is InChI=1S/C24H32N2O4/c1-28-13-2-11-26-12-14-29-23-8-3-18(15-22(23)26)17-30-24-16-25-10-9-21(24)19-4-6-20(27)7-5-19/h3-8,15,21,24-25,27H,2,9-14,16-17H2,1H3/t21-,24+/m1/s1. The minimum absolute atomic E-state index is 0.105. The van der Waals surface area contributed by atoms with Crippen LogP contribution in [-0.2, 0) is 16.1 Å². The quantitative estimate of drug-likeness (QED) is 0.649. The number of hydrogen-bond donors (Lipinski definition) is 2. The molecule has 6 nitrogen and oxygen atoms in total. The lowest BCUT2D eigenvalue weighted by atomic mass is 9.87. The van der Waals surface area contributed by atoms with Crippen molar-refractivity contribution in [3.63, 3.8) is 0 Å². The minimum atomic E-state index is 0.105. The fraction of sp³-hybridized carbons (Fsp3) is 0.500. The molecule has 30 heavy (non-hydrogen) atoms. The molecule has 2 aliphatic rings. The Labute approximate surface area is 178 Å². The SMILES string of the molecule is COCCCN1CCOc2ccc(CO[C@H]3CNCC[C@@H]3c3ccc(O)cc3)cc21. The summed E-state index contributed by atoms with van der Waals surface area (Å²) in [6, 6.07) is 13.9. The number of phenols is 1. The largest absolute Gasteiger partial charge is 0.508 e. The predicted molar refractivity (Wildman–Crippen MR) is 118 cm³/mol. The molecule has 2 heterocycles. The first-order valence-corrected chi connectivity index (χ1v) is 10.9. The third kappa shape index (κ3) is 5.06. The summed E-state index contributed by atoms with van der Waals surface area (Å²) in [7, 11) is 1.74. The van der Waals surface area contributed by atoms with Crippen molar-refractivity contribution in [2.45, 2.75) is 31.5 Å². The first-order chi connectivity index (χ1) is 14.7. The number of nitrogens with one attached hydrogen (secondary N) is 1. The summed E-state index contributed by atoms with van der Waals surface area (Å²) >= 11 is 0. The molecule has 4 rings (SSSR count). The highest BCUT2D eigenvalue weighted by molar-refractivity contribution is 5.61. The predicted octanol–water partition coefficient (Wildman–Crippen LogP) is 3.29. The van der Waals surface area contributed by atoms with E-state index >= 15 is 0 Å². The maximum Gasteiger partial charge on any atom is 0.142 e. The smallest absolute Gasteiger partial charge is 0.142 e. The molecule has 0 radical (unpaired) electrons. The molecule has 162 valence electrons. The van der Waals surface area contributed by atoms with Gasteiger partial charge in [0.2, 0.25) is 0 Å². The van der Waals surface area contributed by atoms with Gasteiger partial charge in [0.15, 0.2) is 0 Å². The third-order valence-electron chi connectivity index (χ3n) is 5.97. The van der Waals surface area contributed by atoms with Gasteiger partial charge in [-0.05, 0) is 54.8 Å². The highest BCUT2D eigenvalue weighted by Gasteiger charge is 2.27. The van der Waals surface area contributed by atoms with E-state index < -0.39 is 0 Å². The summed E-state index contributed by atoms with van der Waals surface area (Å²) in [6.07, 6.45) is 2.13. The molecule has 0 unspecified atom stereocenters. The molecule has 2 aromatic carbocycles. The van der Waals surface area contributed by atoms with Crippen LogP contribution in [0.25, 0.3) is 0 Å². The van der Waals surface area contributed by atoms with Gasteiger partial charge in [-0.25, -0.2) is 0 Å². The van der Waals surface area contributed by atoms with Crippen molar-refractivity contribution in [2.75, 3.05) is 51.4 Å². The van der Waals surface area contributed by atoms with Crippen molar-refractivity contribution in [3.8, 4) is 11.5 Å². The second-order valence-corrected chi connectivity index (χ2v) is 8.02. The minimum Gasteiger partial charge on any atom is -0.508 e. The lowest BCUT2D eigenvalue weighted by Gasteiger charge is -2.33. The molecular weight excluding hydrogens is 380 g/mol. The zero-order valence-electron chi connectivity index (χ0n) is 17.7. The number of nitrogens with zero attached hydrogens (tertiary/aromatic N) is 1. The second-order valence-electron chi connectivity index (χ2n) is 8.02. The molecule has 1 fully saturated rings. The Morgan fingerprint density at radius 3 is 2.90 bits per heavy atom. The van der Waals surface area contributed by atoms with E-state index in [2.05, 4.69) is 28.4 Å². The van der Waals surface area contributed by atoms with Crippen LogP contribution in [-0.4, -0.2) is 57.7 Å². The molecule has 2 atom stereocenters. The fourth-order valence-electron chi connectivity index (χ4n) is 4.35. The fourth-order valence-corrected chi connectivity index (χ4v) is 4.35. The van der Waals surface area contributed by atoms with Crippen LogP contribution in [0.4, 0.5) is 5.69 Å². The van der Waals surface area contributed by atoms with Crippen LogP contribution < -0.4 is 15.0 Å². The number of methoxy groups -OCH3 is 1.